The summed E-state index contributed by atoms with van der Waals surface area (Å²) in [5.41, 5.74) is 0.0487. The van der Waals surface area contributed by atoms with E-state index in [1.165, 1.54) is 43.5 Å². The molecule has 0 spiro atoms. The fraction of sp³-hybridized carbons (Fsp3) is 0.0588. The van der Waals surface area contributed by atoms with Crippen molar-refractivity contribution in [2.45, 2.75) is 0 Å². The SMILES string of the molecule is COc1cc(/C=C(\C#N)C(=O)c2ccccc2F)cc(Br)c1O. The van der Waals surface area contributed by atoms with E-state index in [0.717, 1.165) is 6.07 Å². The topological polar surface area (TPSA) is 70.3 Å². The Labute approximate surface area is 140 Å². The van der Waals surface area contributed by atoms with E-state index in [1.807, 2.05) is 0 Å². The van der Waals surface area contributed by atoms with E-state index >= 15 is 0 Å². The van der Waals surface area contributed by atoms with E-state index in [2.05, 4.69) is 15.9 Å². The van der Waals surface area contributed by atoms with E-state index in [4.69, 9.17) is 4.74 Å². The van der Waals surface area contributed by atoms with Crippen molar-refractivity contribution in [1.82, 2.24) is 0 Å². The largest absolute Gasteiger partial charge is 0.503 e. The fourth-order valence-electron chi connectivity index (χ4n) is 1.94. The summed E-state index contributed by atoms with van der Waals surface area (Å²) in [5.74, 6) is -1.32. The molecule has 0 amide bonds. The standard InChI is InChI=1S/C17H11BrFNO3/c1-23-15-8-10(7-13(18)17(15)22)6-11(9-20)16(21)12-4-2-3-5-14(12)19/h2-8,22H,1H3/b11-6+. The molecule has 0 fully saturated rings. The third kappa shape index (κ3) is 3.58. The Balaban J connectivity index is 2.48. The molecule has 23 heavy (non-hydrogen) atoms. The number of hydrogen-bond acceptors (Lipinski definition) is 4. The molecule has 0 atom stereocenters. The van der Waals surface area contributed by atoms with E-state index in [9.17, 15) is 19.6 Å². The number of aromatic hydroxyl groups is 1. The second-order valence-corrected chi connectivity index (χ2v) is 5.39. The van der Waals surface area contributed by atoms with Crippen LogP contribution in [0, 0.1) is 17.1 Å². The fourth-order valence-corrected chi connectivity index (χ4v) is 2.40. The predicted molar refractivity (Wildman–Crippen MR) is 86.7 cm³/mol. The number of carbonyl (C=O) groups excluding carboxylic acids is 1. The first-order valence-corrected chi connectivity index (χ1v) is 7.24. The van der Waals surface area contributed by atoms with Crippen LogP contribution in [0.1, 0.15) is 15.9 Å². The van der Waals surface area contributed by atoms with Crippen LogP contribution in [0.4, 0.5) is 4.39 Å². The molecule has 0 aromatic heterocycles. The number of ketones is 1. The molecule has 0 unspecified atom stereocenters. The van der Waals surface area contributed by atoms with Gasteiger partial charge in [0.1, 0.15) is 17.5 Å². The lowest BCUT2D eigenvalue weighted by Crippen LogP contribution is -2.04. The molecule has 116 valence electrons. The van der Waals surface area contributed by atoms with Crippen molar-refractivity contribution in [1.29, 1.82) is 5.26 Å². The number of phenols is 1. The van der Waals surface area contributed by atoms with Crippen molar-refractivity contribution >= 4 is 27.8 Å². The maximum Gasteiger partial charge on any atom is 0.206 e. The highest BCUT2D eigenvalue weighted by atomic mass is 79.9. The van der Waals surface area contributed by atoms with Crippen molar-refractivity contribution in [2.75, 3.05) is 7.11 Å². The Bertz CT molecular complexity index is 840. The summed E-state index contributed by atoms with van der Waals surface area (Å²) in [6.07, 6.45) is 1.31. The molecule has 2 aromatic carbocycles. The average Bonchev–Trinajstić information content (AvgIpc) is 2.55. The van der Waals surface area contributed by atoms with Gasteiger partial charge in [0.15, 0.2) is 11.5 Å². The number of Topliss-reactive ketones (excluding diaryl/α,β-unsaturated/α-hetero) is 1. The first-order chi connectivity index (χ1) is 11.0. The predicted octanol–water partition coefficient (Wildman–Crippen LogP) is 4.09. The Morgan fingerprint density at radius 2 is 2.09 bits per heavy atom. The first kappa shape index (κ1) is 16.7. The summed E-state index contributed by atoms with van der Waals surface area (Å²) in [4.78, 5) is 12.3. The lowest BCUT2D eigenvalue weighted by atomic mass is 10.0. The second kappa shape index (κ2) is 7.07. The highest BCUT2D eigenvalue weighted by molar-refractivity contribution is 9.10. The van der Waals surface area contributed by atoms with Gasteiger partial charge in [-0.1, -0.05) is 12.1 Å². The van der Waals surface area contributed by atoms with Gasteiger partial charge in [-0.05, 0) is 51.8 Å². The Kier molecular flexibility index (Phi) is 5.14. The summed E-state index contributed by atoms with van der Waals surface area (Å²) >= 11 is 3.16. The van der Waals surface area contributed by atoms with Gasteiger partial charge < -0.3 is 9.84 Å². The van der Waals surface area contributed by atoms with Crippen molar-refractivity contribution in [3.05, 3.63) is 63.4 Å². The number of hydrogen-bond donors (Lipinski definition) is 1. The molecular weight excluding hydrogens is 365 g/mol. The molecule has 2 rings (SSSR count). The summed E-state index contributed by atoms with van der Waals surface area (Å²) in [7, 11) is 1.38. The van der Waals surface area contributed by atoms with Crippen LogP contribution < -0.4 is 4.74 Å². The molecule has 0 heterocycles. The smallest absolute Gasteiger partial charge is 0.206 e. The van der Waals surface area contributed by atoms with Crippen LogP contribution in [0.3, 0.4) is 0 Å². The van der Waals surface area contributed by atoms with Crippen molar-refractivity contribution in [3.8, 4) is 17.6 Å². The second-order valence-electron chi connectivity index (χ2n) is 4.53. The Morgan fingerprint density at radius 1 is 1.39 bits per heavy atom. The van der Waals surface area contributed by atoms with Crippen LogP contribution in [-0.4, -0.2) is 18.0 Å². The van der Waals surface area contributed by atoms with E-state index in [1.54, 1.807) is 6.07 Å². The molecule has 2 aromatic rings. The number of allylic oxidation sites excluding steroid dienone is 1. The van der Waals surface area contributed by atoms with Crippen LogP contribution in [0.25, 0.3) is 6.08 Å². The molecule has 0 saturated heterocycles. The summed E-state index contributed by atoms with van der Waals surface area (Å²) in [5, 5.41) is 19.0. The average molecular weight is 376 g/mol. The quantitative estimate of drug-likeness (QED) is 0.496. The molecule has 0 saturated carbocycles. The summed E-state index contributed by atoms with van der Waals surface area (Å²) in [6.45, 7) is 0. The molecule has 0 aliphatic heterocycles. The zero-order valence-electron chi connectivity index (χ0n) is 12.0. The Hall–Kier alpha value is -2.65. The highest BCUT2D eigenvalue weighted by Crippen LogP contribution is 2.35. The number of ether oxygens (including phenoxy) is 1. The minimum atomic E-state index is -0.714. The number of carbonyl (C=O) groups is 1. The molecule has 0 aliphatic carbocycles. The number of halogens is 2. The molecule has 6 heteroatoms. The monoisotopic (exact) mass is 375 g/mol. The number of phenolic OH excluding ortho intramolecular Hbond substituents is 1. The van der Waals surface area contributed by atoms with Crippen molar-refractivity contribution in [3.63, 3.8) is 0 Å². The van der Waals surface area contributed by atoms with Gasteiger partial charge in [0, 0.05) is 0 Å². The third-order valence-electron chi connectivity index (χ3n) is 3.07. The number of nitrogens with zero attached hydrogens (tertiary/aromatic N) is 1. The molecule has 0 bridgehead atoms. The number of nitriles is 1. The number of benzene rings is 2. The van der Waals surface area contributed by atoms with Crippen molar-refractivity contribution in [2.24, 2.45) is 0 Å². The zero-order valence-corrected chi connectivity index (χ0v) is 13.6. The van der Waals surface area contributed by atoms with Gasteiger partial charge in [-0.3, -0.25) is 4.79 Å². The Morgan fingerprint density at radius 3 is 2.70 bits per heavy atom. The summed E-state index contributed by atoms with van der Waals surface area (Å²) < 4.78 is 19.0. The van der Waals surface area contributed by atoms with Crippen LogP contribution in [0.15, 0.2) is 46.4 Å². The van der Waals surface area contributed by atoms with Gasteiger partial charge >= 0.3 is 0 Å². The van der Waals surface area contributed by atoms with Gasteiger partial charge in [0.25, 0.3) is 0 Å². The minimum absolute atomic E-state index is 0.0939. The molecule has 0 aliphatic rings. The van der Waals surface area contributed by atoms with E-state index in [0.29, 0.717) is 10.0 Å². The van der Waals surface area contributed by atoms with Gasteiger partial charge in [-0.2, -0.15) is 5.26 Å². The van der Waals surface area contributed by atoms with Crippen LogP contribution in [-0.2, 0) is 0 Å². The lowest BCUT2D eigenvalue weighted by Gasteiger charge is -2.07. The molecular formula is C17H11BrFNO3. The maximum atomic E-state index is 13.7. The van der Waals surface area contributed by atoms with Gasteiger partial charge in [-0.25, -0.2) is 4.39 Å². The summed E-state index contributed by atoms with van der Waals surface area (Å²) in [6, 6.07) is 10.2. The van der Waals surface area contributed by atoms with Gasteiger partial charge in [-0.15, -0.1) is 0 Å². The normalized spacial score (nSPS) is 11.0. The van der Waals surface area contributed by atoms with Crippen LogP contribution >= 0.6 is 15.9 Å². The van der Waals surface area contributed by atoms with Crippen LogP contribution in [0.2, 0.25) is 0 Å². The third-order valence-corrected chi connectivity index (χ3v) is 3.67. The number of methoxy groups -OCH3 is 1. The minimum Gasteiger partial charge on any atom is -0.503 e. The van der Waals surface area contributed by atoms with Crippen LogP contribution in [0.5, 0.6) is 11.5 Å². The molecule has 1 N–H and O–H groups in total. The lowest BCUT2D eigenvalue weighted by molar-refractivity contribution is 0.103. The molecule has 4 nitrogen and oxygen atoms in total. The molecule has 0 radical (unpaired) electrons. The maximum absolute atomic E-state index is 13.7. The highest BCUT2D eigenvalue weighted by Gasteiger charge is 2.16. The van der Waals surface area contributed by atoms with Gasteiger partial charge in [0.2, 0.25) is 5.78 Å². The first-order valence-electron chi connectivity index (χ1n) is 6.45. The number of rotatable bonds is 4. The zero-order chi connectivity index (χ0) is 17.0. The van der Waals surface area contributed by atoms with E-state index in [-0.39, 0.29) is 22.6 Å². The van der Waals surface area contributed by atoms with E-state index < -0.39 is 11.6 Å². The van der Waals surface area contributed by atoms with Gasteiger partial charge in [0.05, 0.1) is 17.1 Å². The van der Waals surface area contributed by atoms with Crippen molar-refractivity contribution < 1.29 is 19.0 Å².